The Morgan fingerprint density at radius 1 is 1.00 bits per heavy atom. The minimum absolute atomic E-state index is 0.187. The van der Waals surface area contributed by atoms with Crippen LogP contribution in [0, 0.1) is 0 Å². The van der Waals surface area contributed by atoms with E-state index in [4.69, 9.17) is 16.3 Å². The minimum atomic E-state index is 0.187. The highest BCUT2D eigenvalue weighted by Crippen LogP contribution is 2.26. The number of rotatable bonds is 4. The van der Waals surface area contributed by atoms with Gasteiger partial charge in [-0.15, -0.1) is 0 Å². The summed E-state index contributed by atoms with van der Waals surface area (Å²) in [4.78, 5) is 0. The first kappa shape index (κ1) is 12.8. The first-order chi connectivity index (χ1) is 8.65. The Morgan fingerprint density at radius 2 is 1.67 bits per heavy atom. The van der Waals surface area contributed by atoms with Crippen LogP contribution in [0.4, 0.5) is 11.4 Å². The Kier molecular flexibility index (Phi) is 4.11. The van der Waals surface area contributed by atoms with Gasteiger partial charge in [-0.2, -0.15) is 0 Å². The highest BCUT2D eigenvalue weighted by atomic mass is 35.5. The summed E-state index contributed by atoms with van der Waals surface area (Å²) in [6, 6.07) is 15.5. The topological polar surface area (TPSA) is 21.3 Å². The third-order valence-electron chi connectivity index (χ3n) is 2.38. The maximum atomic E-state index is 6.09. The predicted octanol–water partition coefficient (Wildman–Crippen LogP) is 4.87. The second kappa shape index (κ2) is 5.78. The van der Waals surface area contributed by atoms with Crippen molar-refractivity contribution in [2.45, 2.75) is 20.0 Å². The zero-order valence-corrected chi connectivity index (χ0v) is 11.2. The Labute approximate surface area is 113 Å². The largest absolute Gasteiger partial charge is 0.491 e. The van der Waals surface area contributed by atoms with E-state index in [1.54, 1.807) is 0 Å². The number of ether oxygens (including phenoxy) is 1. The van der Waals surface area contributed by atoms with E-state index in [2.05, 4.69) is 5.32 Å². The molecule has 0 bridgehead atoms. The molecule has 0 saturated carbocycles. The van der Waals surface area contributed by atoms with Gasteiger partial charge in [-0.05, 0) is 50.2 Å². The lowest BCUT2D eigenvalue weighted by Crippen LogP contribution is -2.05. The van der Waals surface area contributed by atoms with E-state index in [-0.39, 0.29) is 6.10 Å². The number of para-hydroxylation sites is 1. The van der Waals surface area contributed by atoms with Gasteiger partial charge in [-0.1, -0.05) is 23.7 Å². The number of nitrogens with one attached hydrogen (secondary N) is 1. The Hall–Kier alpha value is -1.67. The molecule has 1 N–H and O–H groups in total. The Balaban J connectivity index is 2.09. The summed E-state index contributed by atoms with van der Waals surface area (Å²) in [5, 5.41) is 3.97. The van der Waals surface area contributed by atoms with Crippen molar-refractivity contribution in [2.24, 2.45) is 0 Å². The molecule has 0 fully saturated rings. The molecule has 2 aromatic rings. The van der Waals surface area contributed by atoms with Gasteiger partial charge in [0.2, 0.25) is 0 Å². The predicted molar refractivity (Wildman–Crippen MR) is 76.9 cm³/mol. The molecule has 94 valence electrons. The molecule has 0 atom stereocenters. The molecule has 0 aliphatic carbocycles. The highest BCUT2D eigenvalue weighted by molar-refractivity contribution is 6.33. The van der Waals surface area contributed by atoms with Crippen molar-refractivity contribution in [3.63, 3.8) is 0 Å². The average molecular weight is 262 g/mol. The van der Waals surface area contributed by atoms with Crippen molar-refractivity contribution in [1.82, 2.24) is 0 Å². The van der Waals surface area contributed by atoms with E-state index in [0.29, 0.717) is 5.02 Å². The van der Waals surface area contributed by atoms with Crippen molar-refractivity contribution in [2.75, 3.05) is 5.32 Å². The highest BCUT2D eigenvalue weighted by Gasteiger charge is 2.01. The summed E-state index contributed by atoms with van der Waals surface area (Å²) in [7, 11) is 0. The van der Waals surface area contributed by atoms with E-state index >= 15 is 0 Å². The fraction of sp³-hybridized carbons (Fsp3) is 0.200. The third kappa shape index (κ3) is 3.41. The van der Waals surface area contributed by atoms with Crippen LogP contribution in [-0.2, 0) is 0 Å². The molecule has 2 rings (SSSR count). The van der Waals surface area contributed by atoms with Crippen LogP contribution in [-0.4, -0.2) is 6.10 Å². The van der Waals surface area contributed by atoms with Crippen LogP contribution in [0.25, 0.3) is 0 Å². The molecular weight excluding hydrogens is 246 g/mol. The monoisotopic (exact) mass is 261 g/mol. The Bertz CT molecular complexity index is 508. The van der Waals surface area contributed by atoms with Gasteiger partial charge in [0.15, 0.2) is 0 Å². The normalized spacial score (nSPS) is 10.4. The molecule has 0 spiro atoms. The van der Waals surface area contributed by atoms with Crippen molar-refractivity contribution in [3.05, 3.63) is 53.6 Å². The number of hydrogen-bond donors (Lipinski definition) is 1. The Morgan fingerprint density at radius 3 is 2.28 bits per heavy atom. The molecule has 18 heavy (non-hydrogen) atoms. The van der Waals surface area contributed by atoms with E-state index < -0.39 is 0 Å². The fourth-order valence-electron chi connectivity index (χ4n) is 1.61. The molecule has 2 aromatic carbocycles. The fourth-order valence-corrected chi connectivity index (χ4v) is 1.79. The molecule has 3 heteroatoms. The van der Waals surface area contributed by atoms with Gasteiger partial charge < -0.3 is 10.1 Å². The van der Waals surface area contributed by atoms with E-state index in [1.165, 1.54) is 0 Å². The van der Waals surface area contributed by atoms with E-state index in [0.717, 1.165) is 17.1 Å². The van der Waals surface area contributed by atoms with Gasteiger partial charge in [0, 0.05) is 5.69 Å². The van der Waals surface area contributed by atoms with Gasteiger partial charge in [0.25, 0.3) is 0 Å². The summed E-state index contributed by atoms with van der Waals surface area (Å²) in [6.45, 7) is 4.02. The number of halogens is 1. The zero-order chi connectivity index (χ0) is 13.0. The summed E-state index contributed by atoms with van der Waals surface area (Å²) >= 11 is 6.09. The smallest absolute Gasteiger partial charge is 0.119 e. The molecule has 0 unspecified atom stereocenters. The second-order valence-electron chi connectivity index (χ2n) is 4.30. The summed E-state index contributed by atoms with van der Waals surface area (Å²) in [6.07, 6.45) is 0.187. The van der Waals surface area contributed by atoms with Gasteiger partial charge in [-0.25, -0.2) is 0 Å². The number of hydrogen-bond acceptors (Lipinski definition) is 2. The lowest BCUT2D eigenvalue weighted by atomic mass is 10.2. The van der Waals surface area contributed by atoms with E-state index in [9.17, 15) is 0 Å². The standard InChI is InChI=1S/C15H16ClNO/c1-11(2)18-13-9-7-12(8-10-13)17-15-6-4-3-5-14(15)16/h3-11,17H,1-2H3. The van der Waals surface area contributed by atoms with Crippen LogP contribution < -0.4 is 10.1 Å². The summed E-state index contributed by atoms with van der Waals surface area (Å²) < 4.78 is 5.59. The van der Waals surface area contributed by atoms with E-state index in [1.807, 2.05) is 62.4 Å². The second-order valence-corrected chi connectivity index (χ2v) is 4.70. The van der Waals surface area contributed by atoms with Crippen molar-refractivity contribution in [3.8, 4) is 5.75 Å². The molecule has 0 aliphatic heterocycles. The van der Waals surface area contributed by atoms with Gasteiger partial charge in [0.05, 0.1) is 16.8 Å². The molecule has 0 amide bonds. The minimum Gasteiger partial charge on any atom is -0.491 e. The maximum absolute atomic E-state index is 6.09. The van der Waals surface area contributed by atoms with Crippen LogP contribution >= 0.6 is 11.6 Å². The molecule has 0 saturated heterocycles. The first-order valence-electron chi connectivity index (χ1n) is 5.93. The van der Waals surface area contributed by atoms with Crippen LogP contribution in [0.5, 0.6) is 5.75 Å². The van der Waals surface area contributed by atoms with Crippen molar-refractivity contribution in [1.29, 1.82) is 0 Å². The van der Waals surface area contributed by atoms with Gasteiger partial charge >= 0.3 is 0 Å². The van der Waals surface area contributed by atoms with Crippen LogP contribution in [0.3, 0.4) is 0 Å². The lowest BCUT2D eigenvalue weighted by molar-refractivity contribution is 0.242. The quantitative estimate of drug-likeness (QED) is 0.848. The average Bonchev–Trinajstić information content (AvgIpc) is 2.34. The number of benzene rings is 2. The van der Waals surface area contributed by atoms with Crippen LogP contribution in [0.1, 0.15) is 13.8 Å². The van der Waals surface area contributed by atoms with Crippen molar-refractivity contribution >= 4 is 23.0 Å². The first-order valence-corrected chi connectivity index (χ1v) is 6.31. The van der Waals surface area contributed by atoms with Gasteiger partial charge in [0.1, 0.15) is 5.75 Å². The molecule has 0 aromatic heterocycles. The zero-order valence-electron chi connectivity index (χ0n) is 10.5. The van der Waals surface area contributed by atoms with Crippen LogP contribution in [0.15, 0.2) is 48.5 Å². The lowest BCUT2D eigenvalue weighted by Gasteiger charge is -2.11. The van der Waals surface area contributed by atoms with Crippen LogP contribution in [0.2, 0.25) is 5.02 Å². The third-order valence-corrected chi connectivity index (χ3v) is 2.71. The molecular formula is C15H16ClNO. The molecule has 0 heterocycles. The summed E-state index contributed by atoms with van der Waals surface area (Å²) in [5.74, 6) is 0.870. The van der Waals surface area contributed by atoms with Gasteiger partial charge in [-0.3, -0.25) is 0 Å². The number of anilines is 2. The molecule has 2 nitrogen and oxygen atoms in total. The SMILES string of the molecule is CC(C)Oc1ccc(Nc2ccccc2Cl)cc1. The van der Waals surface area contributed by atoms with Crippen molar-refractivity contribution < 1.29 is 4.74 Å². The summed E-state index contributed by atoms with van der Waals surface area (Å²) in [5.41, 5.74) is 1.89. The molecule has 0 aliphatic rings. The maximum Gasteiger partial charge on any atom is 0.119 e. The molecule has 0 radical (unpaired) electrons.